The predicted octanol–water partition coefficient (Wildman–Crippen LogP) is 3.34. The van der Waals surface area contributed by atoms with Crippen LogP contribution in [-0.2, 0) is 16.1 Å². The minimum atomic E-state index is -1.02. The van der Waals surface area contributed by atoms with Gasteiger partial charge >= 0.3 is 11.9 Å². The Morgan fingerprint density at radius 2 is 1.80 bits per heavy atom. The molecular weight excluding hydrogens is 382 g/mol. The summed E-state index contributed by atoms with van der Waals surface area (Å²) in [7, 11) is 0. The van der Waals surface area contributed by atoms with Gasteiger partial charge in [0.25, 0.3) is 0 Å². The molecule has 1 aromatic heterocycles. The first kappa shape index (κ1) is 21.5. The maximum Gasteiger partial charge on any atom is 0.320 e. The Bertz CT molecular complexity index is 1020. The number of nitrogens with one attached hydrogen (secondary N) is 1. The van der Waals surface area contributed by atoms with Gasteiger partial charge in [-0.25, -0.2) is 4.98 Å². The Morgan fingerprint density at radius 3 is 2.50 bits per heavy atom. The van der Waals surface area contributed by atoms with Gasteiger partial charge in [-0.15, -0.1) is 0 Å². The monoisotopic (exact) mass is 409 g/mol. The van der Waals surface area contributed by atoms with Crippen molar-refractivity contribution in [2.24, 2.45) is 5.92 Å². The Morgan fingerprint density at radius 1 is 1.07 bits per heavy atom. The second-order valence-electron chi connectivity index (χ2n) is 7.90. The first-order chi connectivity index (χ1) is 14.4. The molecule has 0 spiro atoms. The fraction of sp³-hybridized carbons (Fsp3) is 0.348. The van der Waals surface area contributed by atoms with Crippen molar-refractivity contribution in [2.75, 3.05) is 6.54 Å². The number of carboxylic acids is 2. The molecule has 3 aromatic rings. The summed E-state index contributed by atoms with van der Waals surface area (Å²) < 4.78 is 1.82. The smallest absolute Gasteiger partial charge is 0.320 e. The second kappa shape index (κ2) is 9.54. The largest absolute Gasteiger partial charge is 0.481 e. The van der Waals surface area contributed by atoms with Crippen molar-refractivity contribution >= 4 is 22.7 Å². The van der Waals surface area contributed by atoms with Crippen LogP contribution in [0.15, 0.2) is 55.0 Å². The number of aromatic nitrogens is 2. The first-order valence-corrected chi connectivity index (χ1v) is 10.0. The van der Waals surface area contributed by atoms with Crippen LogP contribution in [0, 0.1) is 5.92 Å². The summed E-state index contributed by atoms with van der Waals surface area (Å²) in [6.45, 7) is 4.37. The van der Waals surface area contributed by atoms with E-state index in [1.165, 1.54) is 0 Å². The number of nitrogens with zero attached hydrogens (tertiary/aromatic N) is 2. The highest BCUT2D eigenvalue weighted by molar-refractivity contribution is 5.85. The molecule has 1 heterocycles. The van der Waals surface area contributed by atoms with Crippen LogP contribution in [0.4, 0.5) is 0 Å². The number of hydrogen-bond donors (Lipinski definition) is 3. The Labute approximate surface area is 175 Å². The van der Waals surface area contributed by atoms with Crippen LogP contribution in [0.3, 0.4) is 0 Å². The minimum absolute atomic E-state index is 0.0141. The van der Waals surface area contributed by atoms with Crippen LogP contribution < -0.4 is 5.32 Å². The zero-order valence-corrected chi connectivity index (χ0v) is 17.2. The molecule has 0 fully saturated rings. The molecule has 7 heteroatoms. The number of benzene rings is 2. The number of carboxylic acid groups (broad SMARTS) is 2. The van der Waals surface area contributed by atoms with Gasteiger partial charge in [0, 0.05) is 19.3 Å². The van der Waals surface area contributed by atoms with Gasteiger partial charge in [-0.05, 0) is 28.7 Å². The third kappa shape index (κ3) is 5.04. The summed E-state index contributed by atoms with van der Waals surface area (Å²) in [5.74, 6) is -2.72. The summed E-state index contributed by atoms with van der Waals surface area (Å²) in [4.78, 5) is 27.7. The molecule has 0 radical (unpaired) electrons. The van der Waals surface area contributed by atoms with Gasteiger partial charge in [0.1, 0.15) is 12.0 Å². The fourth-order valence-electron chi connectivity index (χ4n) is 3.69. The van der Waals surface area contributed by atoms with Crippen LogP contribution >= 0.6 is 0 Å². The molecule has 7 nitrogen and oxygen atoms in total. The Balaban J connectivity index is 1.83. The number of aliphatic carboxylic acids is 2. The molecular formula is C23H27N3O4. The molecule has 0 amide bonds. The van der Waals surface area contributed by atoms with Gasteiger partial charge < -0.3 is 20.1 Å². The molecule has 3 rings (SSSR count). The van der Waals surface area contributed by atoms with Crippen molar-refractivity contribution in [3.63, 3.8) is 0 Å². The molecule has 30 heavy (non-hydrogen) atoms. The highest BCUT2D eigenvalue weighted by Gasteiger charge is 2.27. The molecule has 0 aliphatic heterocycles. The van der Waals surface area contributed by atoms with Crippen molar-refractivity contribution < 1.29 is 19.8 Å². The summed E-state index contributed by atoms with van der Waals surface area (Å²) in [5.41, 5.74) is 1.60. The van der Waals surface area contributed by atoms with Crippen molar-refractivity contribution in [2.45, 2.75) is 38.8 Å². The van der Waals surface area contributed by atoms with Gasteiger partial charge in [-0.3, -0.25) is 9.59 Å². The van der Waals surface area contributed by atoms with Crippen molar-refractivity contribution in [1.29, 1.82) is 0 Å². The van der Waals surface area contributed by atoms with E-state index >= 15 is 0 Å². The van der Waals surface area contributed by atoms with Crippen LogP contribution in [0.5, 0.6) is 0 Å². The minimum Gasteiger partial charge on any atom is -0.481 e. The van der Waals surface area contributed by atoms with Gasteiger partial charge in [-0.2, -0.15) is 0 Å². The van der Waals surface area contributed by atoms with E-state index in [9.17, 15) is 19.8 Å². The van der Waals surface area contributed by atoms with Crippen molar-refractivity contribution in [3.8, 4) is 0 Å². The lowest BCUT2D eigenvalue weighted by atomic mass is 10.0. The average Bonchev–Trinajstić information content (AvgIpc) is 3.14. The number of fused-ring (bicyclic) bond motifs is 1. The molecule has 0 saturated carbocycles. The SMILES string of the molecule is CC(C)CC(NCC(C(=O)O)c1cncn1Cc1cccc2ccccc12)C(=O)O. The summed E-state index contributed by atoms with van der Waals surface area (Å²) in [6.07, 6.45) is 3.59. The standard InChI is InChI=1S/C23H27N3O4/c1-15(2)10-20(23(29)30)25-11-19(22(27)28)21-12-24-14-26(21)13-17-8-5-7-16-6-3-4-9-18(16)17/h3-9,12,14-15,19-20,25H,10-11,13H2,1-2H3,(H,27,28)(H,29,30). The topological polar surface area (TPSA) is 104 Å². The molecule has 0 aliphatic carbocycles. The van der Waals surface area contributed by atoms with E-state index in [-0.39, 0.29) is 12.5 Å². The lowest BCUT2D eigenvalue weighted by Gasteiger charge is -2.21. The van der Waals surface area contributed by atoms with E-state index in [2.05, 4.69) is 10.3 Å². The summed E-state index contributed by atoms with van der Waals surface area (Å²) in [5, 5.41) is 24.4. The van der Waals surface area contributed by atoms with Gasteiger partial charge in [0.15, 0.2) is 0 Å². The highest BCUT2D eigenvalue weighted by Crippen LogP contribution is 2.22. The molecule has 158 valence electrons. The molecule has 0 aliphatic rings. The molecule has 0 saturated heterocycles. The quantitative estimate of drug-likeness (QED) is 0.474. The molecule has 2 aromatic carbocycles. The average molecular weight is 409 g/mol. The Hall–Kier alpha value is -3.19. The van der Waals surface area contributed by atoms with E-state index in [0.717, 1.165) is 16.3 Å². The van der Waals surface area contributed by atoms with Gasteiger partial charge in [0.05, 0.1) is 12.0 Å². The fourth-order valence-corrected chi connectivity index (χ4v) is 3.69. The molecule has 2 unspecified atom stereocenters. The third-order valence-electron chi connectivity index (χ3n) is 5.19. The van der Waals surface area contributed by atoms with E-state index in [1.807, 2.05) is 60.9 Å². The third-order valence-corrected chi connectivity index (χ3v) is 5.19. The summed E-state index contributed by atoms with van der Waals surface area (Å²) in [6, 6.07) is 13.3. The maximum atomic E-state index is 12.0. The maximum absolute atomic E-state index is 12.0. The number of imidazole rings is 1. The normalized spacial score (nSPS) is 13.4. The zero-order valence-electron chi connectivity index (χ0n) is 17.2. The van der Waals surface area contributed by atoms with Crippen LogP contribution in [0.2, 0.25) is 0 Å². The predicted molar refractivity (Wildman–Crippen MR) is 115 cm³/mol. The zero-order chi connectivity index (χ0) is 21.7. The number of carbonyl (C=O) groups is 2. The Kier molecular flexibility index (Phi) is 6.84. The van der Waals surface area contributed by atoms with E-state index in [4.69, 9.17) is 0 Å². The first-order valence-electron chi connectivity index (χ1n) is 10.0. The van der Waals surface area contributed by atoms with Crippen molar-refractivity contribution in [1.82, 2.24) is 14.9 Å². The van der Waals surface area contributed by atoms with Crippen molar-refractivity contribution in [3.05, 3.63) is 66.2 Å². The second-order valence-corrected chi connectivity index (χ2v) is 7.90. The van der Waals surface area contributed by atoms with E-state index in [1.54, 1.807) is 12.5 Å². The van der Waals surface area contributed by atoms with Crippen LogP contribution in [0.25, 0.3) is 10.8 Å². The lowest BCUT2D eigenvalue weighted by Crippen LogP contribution is -2.41. The highest BCUT2D eigenvalue weighted by atomic mass is 16.4. The molecule has 3 N–H and O–H groups in total. The van der Waals surface area contributed by atoms with Gasteiger partial charge in [-0.1, -0.05) is 56.3 Å². The lowest BCUT2D eigenvalue weighted by molar-refractivity contribution is -0.142. The van der Waals surface area contributed by atoms with Gasteiger partial charge in [0.2, 0.25) is 0 Å². The van der Waals surface area contributed by atoms with Crippen LogP contribution in [0.1, 0.15) is 37.4 Å². The summed E-state index contributed by atoms with van der Waals surface area (Å²) >= 11 is 0. The van der Waals surface area contributed by atoms with Crippen LogP contribution in [-0.4, -0.2) is 44.3 Å². The van der Waals surface area contributed by atoms with E-state index < -0.39 is 23.9 Å². The molecule has 2 atom stereocenters. The molecule has 0 bridgehead atoms. The van der Waals surface area contributed by atoms with E-state index in [0.29, 0.717) is 18.7 Å². The number of hydrogen-bond acceptors (Lipinski definition) is 4. The number of rotatable bonds is 10.